The number of benzene rings is 1. The minimum atomic E-state index is -0.522. The molecule has 2 amide bonds. The summed E-state index contributed by atoms with van der Waals surface area (Å²) in [5.41, 5.74) is 1.40. The molecule has 5 nitrogen and oxygen atoms in total. The zero-order valence-corrected chi connectivity index (χ0v) is 12.4. The SMILES string of the molecule is O=C1CCC(n2c(=S)[nH]c3cc(Cl)c(Cl)cc32)C(=O)N1. The largest absolute Gasteiger partial charge is 0.331 e. The molecule has 0 aliphatic carbocycles. The van der Waals surface area contributed by atoms with Crippen LogP contribution in [0.2, 0.25) is 10.0 Å². The van der Waals surface area contributed by atoms with Crippen molar-refractivity contribution in [2.24, 2.45) is 0 Å². The number of nitrogens with one attached hydrogen (secondary N) is 2. The van der Waals surface area contributed by atoms with E-state index in [1.54, 1.807) is 16.7 Å². The molecule has 1 aliphatic rings. The second-order valence-corrected chi connectivity index (χ2v) is 5.75. The van der Waals surface area contributed by atoms with Crippen molar-refractivity contribution in [3.8, 4) is 0 Å². The van der Waals surface area contributed by atoms with Gasteiger partial charge in [0.15, 0.2) is 4.77 Å². The van der Waals surface area contributed by atoms with Crippen LogP contribution in [0.15, 0.2) is 12.1 Å². The van der Waals surface area contributed by atoms with Gasteiger partial charge in [-0.25, -0.2) is 0 Å². The first-order valence-corrected chi connectivity index (χ1v) is 7.07. The van der Waals surface area contributed by atoms with Crippen LogP contribution in [0, 0.1) is 4.77 Å². The number of hydrogen-bond acceptors (Lipinski definition) is 3. The Bertz CT molecular complexity index is 796. The van der Waals surface area contributed by atoms with Gasteiger partial charge in [-0.05, 0) is 30.8 Å². The maximum atomic E-state index is 12.0. The molecular formula is C12H9Cl2N3O2S. The van der Waals surface area contributed by atoms with Gasteiger partial charge in [-0.1, -0.05) is 23.2 Å². The van der Waals surface area contributed by atoms with Crippen molar-refractivity contribution < 1.29 is 9.59 Å². The molecule has 0 saturated carbocycles. The van der Waals surface area contributed by atoms with Gasteiger partial charge in [0.1, 0.15) is 6.04 Å². The number of piperidine rings is 1. The van der Waals surface area contributed by atoms with E-state index in [-0.39, 0.29) is 18.2 Å². The average Bonchev–Trinajstić information content (AvgIpc) is 2.66. The highest BCUT2D eigenvalue weighted by Gasteiger charge is 2.29. The van der Waals surface area contributed by atoms with E-state index in [4.69, 9.17) is 35.4 Å². The van der Waals surface area contributed by atoms with Gasteiger partial charge in [-0.15, -0.1) is 0 Å². The number of carbonyl (C=O) groups is 2. The normalized spacial score (nSPS) is 19.4. The van der Waals surface area contributed by atoms with Crippen molar-refractivity contribution in [1.82, 2.24) is 14.9 Å². The number of halogens is 2. The Balaban J connectivity index is 2.18. The number of imide groups is 1. The molecule has 1 unspecified atom stereocenters. The van der Waals surface area contributed by atoms with Crippen LogP contribution < -0.4 is 5.32 Å². The van der Waals surface area contributed by atoms with Crippen molar-refractivity contribution in [2.45, 2.75) is 18.9 Å². The van der Waals surface area contributed by atoms with Crippen molar-refractivity contribution >= 4 is 58.3 Å². The van der Waals surface area contributed by atoms with Gasteiger partial charge in [0.05, 0.1) is 21.1 Å². The Morgan fingerprint density at radius 3 is 2.65 bits per heavy atom. The Morgan fingerprint density at radius 1 is 1.25 bits per heavy atom. The maximum absolute atomic E-state index is 12.0. The number of nitrogens with zero attached hydrogens (tertiary/aromatic N) is 1. The number of aromatic nitrogens is 2. The van der Waals surface area contributed by atoms with Crippen molar-refractivity contribution in [1.29, 1.82) is 0 Å². The molecule has 1 saturated heterocycles. The first kappa shape index (κ1) is 13.6. The van der Waals surface area contributed by atoms with Crippen LogP contribution in [0.4, 0.5) is 0 Å². The molecule has 0 radical (unpaired) electrons. The summed E-state index contributed by atoms with van der Waals surface area (Å²) in [6.07, 6.45) is 0.693. The Labute approximate surface area is 128 Å². The number of hydrogen-bond donors (Lipinski definition) is 2. The van der Waals surface area contributed by atoms with Crippen LogP contribution in [0.25, 0.3) is 11.0 Å². The van der Waals surface area contributed by atoms with Gasteiger partial charge >= 0.3 is 0 Å². The molecule has 3 rings (SSSR count). The van der Waals surface area contributed by atoms with Crippen LogP contribution in [-0.2, 0) is 9.59 Å². The molecule has 104 valence electrons. The Hall–Kier alpha value is -1.37. The highest BCUT2D eigenvalue weighted by Crippen LogP contribution is 2.31. The number of imidazole rings is 1. The lowest BCUT2D eigenvalue weighted by Crippen LogP contribution is -2.41. The minimum absolute atomic E-state index is 0.265. The summed E-state index contributed by atoms with van der Waals surface area (Å²) in [4.78, 5) is 26.2. The fourth-order valence-corrected chi connectivity index (χ4v) is 3.02. The lowest BCUT2D eigenvalue weighted by Gasteiger charge is -2.22. The van der Waals surface area contributed by atoms with Crippen LogP contribution in [0.3, 0.4) is 0 Å². The lowest BCUT2D eigenvalue weighted by molar-refractivity contribution is -0.135. The minimum Gasteiger partial charge on any atom is -0.331 e. The molecular weight excluding hydrogens is 321 g/mol. The topological polar surface area (TPSA) is 66.9 Å². The summed E-state index contributed by atoms with van der Waals surface area (Å²) in [5.74, 6) is -0.622. The monoisotopic (exact) mass is 329 g/mol. The molecule has 2 N–H and O–H groups in total. The fourth-order valence-electron chi connectivity index (χ4n) is 2.36. The van der Waals surface area contributed by atoms with Crippen LogP contribution >= 0.6 is 35.4 Å². The summed E-state index contributed by atoms with van der Waals surface area (Å²) in [6, 6.07) is 2.80. The second-order valence-electron chi connectivity index (χ2n) is 4.55. The van der Waals surface area contributed by atoms with Gasteiger partial charge in [-0.3, -0.25) is 14.9 Å². The van der Waals surface area contributed by atoms with Crippen LogP contribution in [0.5, 0.6) is 0 Å². The molecule has 0 spiro atoms. The smallest absolute Gasteiger partial charge is 0.249 e. The van der Waals surface area contributed by atoms with E-state index >= 15 is 0 Å². The van der Waals surface area contributed by atoms with E-state index in [1.807, 2.05) is 0 Å². The first-order valence-electron chi connectivity index (χ1n) is 5.90. The number of carbonyl (C=O) groups excluding carboxylic acids is 2. The number of aromatic amines is 1. The number of rotatable bonds is 1. The van der Waals surface area contributed by atoms with Crippen molar-refractivity contribution in [3.05, 3.63) is 26.9 Å². The summed E-state index contributed by atoms with van der Waals surface area (Å²) in [5, 5.41) is 3.11. The average molecular weight is 330 g/mol. The molecule has 8 heteroatoms. The molecule has 1 fully saturated rings. The Kier molecular flexibility index (Phi) is 3.32. The summed E-state index contributed by atoms with van der Waals surface area (Å²) in [7, 11) is 0. The second kappa shape index (κ2) is 4.87. The van der Waals surface area contributed by atoms with Crippen molar-refractivity contribution in [2.75, 3.05) is 0 Å². The molecule has 1 aromatic heterocycles. The predicted molar refractivity (Wildman–Crippen MR) is 78.6 cm³/mol. The zero-order chi connectivity index (χ0) is 14.4. The number of H-pyrrole nitrogens is 1. The fraction of sp³-hybridized carbons (Fsp3) is 0.250. The molecule has 1 aromatic carbocycles. The third kappa shape index (κ3) is 2.13. The maximum Gasteiger partial charge on any atom is 0.249 e. The van der Waals surface area contributed by atoms with E-state index in [2.05, 4.69) is 10.3 Å². The van der Waals surface area contributed by atoms with Crippen LogP contribution in [-0.4, -0.2) is 21.4 Å². The van der Waals surface area contributed by atoms with Crippen molar-refractivity contribution in [3.63, 3.8) is 0 Å². The first-order chi connectivity index (χ1) is 9.47. The van der Waals surface area contributed by atoms with E-state index in [1.165, 1.54) is 0 Å². The van der Waals surface area contributed by atoms with Gasteiger partial charge in [0.25, 0.3) is 0 Å². The third-order valence-corrected chi connectivity index (χ3v) is 4.30. The van der Waals surface area contributed by atoms with Gasteiger partial charge in [0, 0.05) is 6.42 Å². The molecule has 20 heavy (non-hydrogen) atoms. The Morgan fingerprint density at radius 2 is 1.95 bits per heavy atom. The standard InChI is InChI=1S/C12H9Cl2N3O2S/c13-5-3-7-9(4-6(5)14)17(12(20)15-7)8-1-2-10(18)16-11(8)19/h3-4,8H,1-2H2,(H,15,20)(H,16,18,19). The van der Waals surface area contributed by atoms with E-state index in [0.717, 1.165) is 0 Å². The third-order valence-electron chi connectivity index (χ3n) is 3.28. The molecule has 2 heterocycles. The van der Waals surface area contributed by atoms with E-state index in [0.29, 0.717) is 32.3 Å². The quantitative estimate of drug-likeness (QED) is 0.624. The van der Waals surface area contributed by atoms with E-state index < -0.39 is 6.04 Å². The molecule has 1 aliphatic heterocycles. The zero-order valence-electron chi connectivity index (χ0n) is 10.1. The van der Waals surface area contributed by atoms with E-state index in [9.17, 15) is 9.59 Å². The van der Waals surface area contributed by atoms with Gasteiger partial charge < -0.3 is 9.55 Å². The molecule has 2 aromatic rings. The lowest BCUT2D eigenvalue weighted by atomic mass is 10.1. The summed E-state index contributed by atoms with van der Waals surface area (Å²) in [6.45, 7) is 0. The summed E-state index contributed by atoms with van der Waals surface area (Å²) < 4.78 is 2.07. The highest BCUT2D eigenvalue weighted by molar-refractivity contribution is 7.71. The van der Waals surface area contributed by atoms with Gasteiger partial charge in [-0.2, -0.15) is 0 Å². The molecule has 1 atom stereocenters. The van der Waals surface area contributed by atoms with Gasteiger partial charge in [0.2, 0.25) is 11.8 Å². The highest BCUT2D eigenvalue weighted by atomic mass is 35.5. The van der Waals surface area contributed by atoms with Crippen LogP contribution in [0.1, 0.15) is 18.9 Å². The number of amides is 2. The molecule has 0 bridgehead atoms. The summed E-state index contributed by atoms with van der Waals surface area (Å²) >= 11 is 17.2. The number of fused-ring (bicyclic) bond motifs is 1. The predicted octanol–water partition coefficient (Wildman–Crippen LogP) is 2.98.